The Kier molecular flexibility index (Phi) is 4.79. The van der Waals surface area contributed by atoms with Crippen molar-refractivity contribution in [3.05, 3.63) is 65.7 Å². The number of nitrogens with one attached hydrogen (secondary N) is 1. The first-order valence-corrected chi connectivity index (χ1v) is 6.33. The molecule has 0 aliphatic carbocycles. The molecule has 2 rings (SSSR count). The number of hydrogen-bond donors (Lipinski definition) is 2. The van der Waals surface area contributed by atoms with Crippen LogP contribution in [0, 0.1) is 5.82 Å². The second-order valence-electron chi connectivity index (χ2n) is 4.39. The molecule has 4 nitrogen and oxygen atoms in total. The number of benzene rings is 1. The lowest BCUT2D eigenvalue weighted by molar-refractivity contribution is -0.122. The molecule has 0 aliphatic heterocycles. The highest BCUT2D eigenvalue weighted by molar-refractivity contribution is 5.83. The van der Waals surface area contributed by atoms with Crippen LogP contribution in [0.15, 0.2) is 48.8 Å². The maximum atomic E-state index is 13.7. The lowest BCUT2D eigenvalue weighted by atomic mass is 9.97. The number of pyridine rings is 1. The summed E-state index contributed by atoms with van der Waals surface area (Å²) in [6, 6.07) is 9.82. The molecule has 0 unspecified atom stereocenters. The van der Waals surface area contributed by atoms with Gasteiger partial charge in [-0.25, -0.2) is 4.39 Å². The SMILES string of the molecule is NC[C@H](C(=O)NCc1cccnc1)c1ccccc1F. The Labute approximate surface area is 116 Å². The number of amides is 1. The molecule has 1 atom stereocenters. The fourth-order valence-electron chi connectivity index (χ4n) is 1.95. The predicted molar refractivity (Wildman–Crippen MR) is 74.3 cm³/mol. The van der Waals surface area contributed by atoms with Gasteiger partial charge in [-0.15, -0.1) is 0 Å². The van der Waals surface area contributed by atoms with Gasteiger partial charge in [-0.3, -0.25) is 9.78 Å². The molecule has 1 amide bonds. The highest BCUT2D eigenvalue weighted by Gasteiger charge is 2.21. The number of nitrogens with zero attached hydrogens (tertiary/aromatic N) is 1. The Morgan fingerprint density at radius 3 is 2.75 bits per heavy atom. The summed E-state index contributed by atoms with van der Waals surface area (Å²) in [6.45, 7) is 0.400. The maximum Gasteiger partial charge on any atom is 0.229 e. The van der Waals surface area contributed by atoms with E-state index in [4.69, 9.17) is 5.73 Å². The maximum absolute atomic E-state index is 13.7. The quantitative estimate of drug-likeness (QED) is 0.869. The van der Waals surface area contributed by atoms with Gasteiger partial charge < -0.3 is 11.1 Å². The first-order chi connectivity index (χ1) is 9.72. The van der Waals surface area contributed by atoms with Crippen molar-refractivity contribution in [2.45, 2.75) is 12.5 Å². The molecule has 20 heavy (non-hydrogen) atoms. The molecule has 1 aromatic heterocycles. The summed E-state index contributed by atoms with van der Waals surface area (Å²) < 4.78 is 13.7. The van der Waals surface area contributed by atoms with E-state index in [0.717, 1.165) is 5.56 Å². The van der Waals surface area contributed by atoms with E-state index in [1.165, 1.54) is 6.07 Å². The Hall–Kier alpha value is -2.27. The summed E-state index contributed by atoms with van der Waals surface area (Å²) in [4.78, 5) is 16.1. The molecule has 0 radical (unpaired) electrons. The van der Waals surface area contributed by atoms with Gasteiger partial charge >= 0.3 is 0 Å². The molecule has 0 saturated heterocycles. The normalized spacial score (nSPS) is 11.9. The number of hydrogen-bond acceptors (Lipinski definition) is 3. The highest BCUT2D eigenvalue weighted by atomic mass is 19.1. The van der Waals surface area contributed by atoms with Gasteiger partial charge in [-0.2, -0.15) is 0 Å². The minimum absolute atomic E-state index is 0.0554. The number of nitrogens with two attached hydrogens (primary N) is 1. The van der Waals surface area contributed by atoms with Gasteiger partial charge in [0.2, 0.25) is 5.91 Å². The van der Waals surface area contributed by atoms with Crippen LogP contribution >= 0.6 is 0 Å². The Bertz CT molecular complexity index is 574. The van der Waals surface area contributed by atoms with Crippen LogP contribution in [-0.2, 0) is 11.3 Å². The average molecular weight is 273 g/mol. The first-order valence-electron chi connectivity index (χ1n) is 6.33. The Balaban J connectivity index is 2.05. The topological polar surface area (TPSA) is 68.0 Å². The van der Waals surface area contributed by atoms with Crippen molar-refractivity contribution in [1.29, 1.82) is 0 Å². The molecule has 1 heterocycles. The van der Waals surface area contributed by atoms with Crippen LogP contribution < -0.4 is 11.1 Å². The van der Waals surface area contributed by atoms with Gasteiger partial charge in [0.05, 0.1) is 5.92 Å². The molecular formula is C15H16FN3O. The Morgan fingerprint density at radius 2 is 2.10 bits per heavy atom. The van der Waals surface area contributed by atoms with E-state index in [9.17, 15) is 9.18 Å². The zero-order chi connectivity index (χ0) is 14.4. The minimum Gasteiger partial charge on any atom is -0.351 e. The molecule has 3 N–H and O–H groups in total. The van der Waals surface area contributed by atoms with E-state index >= 15 is 0 Å². The van der Waals surface area contributed by atoms with E-state index in [0.29, 0.717) is 12.1 Å². The molecule has 0 aliphatic rings. The van der Waals surface area contributed by atoms with Crippen molar-refractivity contribution in [3.8, 4) is 0 Å². The van der Waals surface area contributed by atoms with Crippen molar-refractivity contribution in [1.82, 2.24) is 10.3 Å². The van der Waals surface area contributed by atoms with Crippen LogP contribution in [0.3, 0.4) is 0 Å². The van der Waals surface area contributed by atoms with E-state index in [-0.39, 0.29) is 12.5 Å². The van der Waals surface area contributed by atoms with Crippen LogP contribution in [0.4, 0.5) is 4.39 Å². The first kappa shape index (κ1) is 14.1. The number of halogens is 1. The zero-order valence-electron chi connectivity index (χ0n) is 10.9. The van der Waals surface area contributed by atoms with Crippen LogP contribution in [0.25, 0.3) is 0 Å². The minimum atomic E-state index is -0.687. The van der Waals surface area contributed by atoms with Crippen molar-refractivity contribution < 1.29 is 9.18 Å². The molecule has 0 bridgehead atoms. The summed E-state index contributed by atoms with van der Waals surface area (Å²) in [5, 5.41) is 2.75. The fourth-order valence-corrected chi connectivity index (χ4v) is 1.95. The van der Waals surface area contributed by atoms with Gasteiger partial charge in [0.15, 0.2) is 0 Å². The van der Waals surface area contributed by atoms with Crippen LogP contribution in [0.5, 0.6) is 0 Å². The number of aromatic nitrogens is 1. The van der Waals surface area contributed by atoms with Crippen LogP contribution in [0.1, 0.15) is 17.0 Å². The van der Waals surface area contributed by atoms with E-state index in [1.54, 1.807) is 36.7 Å². The third-order valence-corrected chi connectivity index (χ3v) is 3.02. The fraction of sp³-hybridized carbons (Fsp3) is 0.200. The van der Waals surface area contributed by atoms with Gasteiger partial charge in [0, 0.05) is 31.0 Å². The molecular weight excluding hydrogens is 257 g/mol. The largest absolute Gasteiger partial charge is 0.351 e. The number of rotatable bonds is 5. The lowest BCUT2D eigenvalue weighted by Crippen LogP contribution is -2.33. The summed E-state index contributed by atoms with van der Waals surface area (Å²) in [7, 11) is 0. The standard InChI is InChI=1S/C15H16FN3O/c16-14-6-2-1-5-12(14)13(8-17)15(20)19-10-11-4-3-7-18-9-11/h1-7,9,13H,8,10,17H2,(H,19,20)/t13-/m0/s1. The molecule has 1 aromatic carbocycles. The lowest BCUT2D eigenvalue weighted by Gasteiger charge is -2.16. The van der Waals surface area contributed by atoms with Crippen molar-refractivity contribution in [3.63, 3.8) is 0 Å². The smallest absolute Gasteiger partial charge is 0.229 e. The van der Waals surface area contributed by atoms with Gasteiger partial charge in [-0.1, -0.05) is 24.3 Å². The summed E-state index contributed by atoms with van der Waals surface area (Å²) in [6.07, 6.45) is 3.33. The Morgan fingerprint density at radius 1 is 1.30 bits per heavy atom. The van der Waals surface area contributed by atoms with Crippen molar-refractivity contribution in [2.24, 2.45) is 5.73 Å². The van der Waals surface area contributed by atoms with Gasteiger partial charge in [0.1, 0.15) is 5.82 Å². The molecule has 0 saturated carbocycles. The molecule has 5 heteroatoms. The molecule has 0 spiro atoms. The van der Waals surface area contributed by atoms with Crippen LogP contribution in [-0.4, -0.2) is 17.4 Å². The summed E-state index contributed by atoms with van der Waals surface area (Å²) in [5.74, 6) is -1.39. The number of carbonyl (C=O) groups excluding carboxylic acids is 1. The van der Waals surface area contributed by atoms with Crippen LogP contribution in [0.2, 0.25) is 0 Å². The summed E-state index contributed by atoms with van der Waals surface area (Å²) >= 11 is 0. The third kappa shape index (κ3) is 3.39. The molecule has 0 fully saturated rings. The average Bonchev–Trinajstić information content (AvgIpc) is 2.49. The van der Waals surface area contributed by atoms with Crippen molar-refractivity contribution in [2.75, 3.05) is 6.54 Å². The highest BCUT2D eigenvalue weighted by Crippen LogP contribution is 2.18. The monoisotopic (exact) mass is 273 g/mol. The number of carbonyl (C=O) groups is 1. The van der Waals surface area contributed by atoms with E-state index in [1.807, 2.05) is 6.07 Å². The van der Waals surface area contributed by atoms with Gasteiger partial charge in [-0.05, 0) is 17.7 Å². The second kappa shape index (κ2) is 6.77. The van der Waals surface area contributed by atoms with Gasteiger partial charge in [0.25, 0.3) is 0 Å². The van der Waals surface area contributed by atoms with E-state index in [2.05, 4.69) is 10.3 Å². The molecule has 2 aromatic rings. The zero-order valence-corrected chi connectivity index (χ0v) is 10.9. The van der Waals surface area contributed by atoms with E-state index < -0.39 is 11.7 Å². The predicted octanol–water partition coefficient (Wildman–Crippen LogP) is 1.58. The third-order valence-electron chi connectivity index (χ3n) is 3.02. The molecule has 104 valence electrons. The second-order valence-corrected chi connectivity index (χ2v) is 4.39. The van der Waals surface area contributed by atoms with Crippen molar-refractivity contribution >= 4 is 5.91 Å². The summed E-state index contributed by atoms with van der Waals surface area (Å²) in [5.41, 5.74) is 6.80.